The monoisotopic (exact) mass is 278 g/mol. The van der Waals surface area contributed by atoms with E-state index in [-0.39, 0.29) is 11.0 Å². The number of aromatic nitrogens is 2. The number of methoxy groups -OCH3 is 1. The van der Waals surface area contributed by atoms with E-state index < -0.39 is 5.91 Å². The average Bonchev–Trinajstić information content (AvgIpc) is 2.39. The minimum atomic E-state index is -0.397. The van der Waals surface area contributed by atoms with Gasteiger partial charge >= 0.3 is 0 Å². The molecule has 0 aliphatic rings. The summed E-state index contributed by atoms with van der Waals surface area (Å²) >= 11 is 5.64. The molecule has 2 rings (SSSR count). The van der Waals surface area contributed by atoms with Crippen molar-refractivity contribution in [2.24, 2.45) is 0 Å². The second-order valence-corrected chi connectivity index (χ2v) is 3.92. The van der Waals surface area contributed by atoms with Crippen LogP contribution < -0.4 is 15.8 Å². The second kappa shape index (κ2) is 5.53. The summed E-state index contributed by atoms with van der Waals surface area (Å²) in [7, 11) is 1.48. The largest absolute Gasteiger partial charge is 0.495 e. The Bertz CT molecular complexity index is 618. The number of nitrogens with zero attached hydrogens (tertiary/aromatic N) is 2. The van der Waals surface area contributed by atoms with Crippen LogP contribution in [0.4, 0.5) is 11.5 Å². The molecule has 0 atom stereocenters. The Morgan fingerprint density at radius 3 is 2.89 bits per heavy atom. The molecule has 0 spiro atoms. The highest BCUT2D eigenvalue weighted by Gasteiger charge is 2.13. The number of halogens is 1. The number of carbonyl (C=O) groups excluding carboxylic acids is 1. The third kappa shape index (κ3) is 2.92. The summed E-state index contributed by atoms with van der Waals surface area (Å²) in [5.41, 5.74) is 6.40. The minimum absolute atomic E-state index is 0.0522. The molecule has 1 amide bonds. The van der Waals surface area contributed by atoms with E-state index >= 15 is 0 Å². The molecule has 0 radical (unpaired) electrons. The molecule has 0 bridgehead atoms. The van der Waals surface area contributed by atoms with Gasteiger partial charge in [0, 0.05) is 6.20 Å². The highest BCUT2D eigenvalue weighted by Crippen LogP contribution is 2.25. The molecular formula is C12H11ClN4O2. The second-order valence-electron chi connectivity index (χ2n) is 3.59. The van der Waals surface area contributed by atoms with Crippen molar-refractivity contribution in [2.45, 2.75) is 0 Å². The van der Waals surface area contributed by atoms with Gasteiger partial charge in [-0.1, -0.05) is 6.07 Å². The van der Waals surface area contributed by atoms with E-state index in [0.717, 1.165) is 0 Å². The van der Waals surface area contributed by atoms with Gasteiger partial charge in [0.2, 0.25) is 5.28 Å². The third-order valence-corrected chi connectivity index (χ3v) is 2.58. The van der Waals surface area contributed by atoms with Crippen LogP contribution in [0.15, 0.2) is 30.5 Å². The number of benzene rings is 1. The number of ether oxygens (including phenoxy) is 1. The van der Waals surface area contributed by atoms with Gasteiger partial charge in [-0.05, 0) is 29.8 Å². The van der Waals surface area contributed by atoms with Crippen LogP contribution in [0.1, 0.15) is 10.4 Å². The Hall–Kier alpha value is -2.34. The maximum absolute atomic E-state index is 12.1. The lowest BCUT2D eigenvalue weighted by Crippen LogP contribution is -2.15. The van der Waals surface area contributed by atoms with Crippen LogP contribution in [-0.2, 0) is 0 Å². The lowest BCUT2D eigenvalue weighted by molar-refractivity contribution is 0.102. The SMILES string of the molecule is COc1cccc(C(=O)Nc2ccnc(Cl)n2)c1N. The highest BCUT2D eigenvalue weighted by atomic mass is 35.5. The first-order chi connectivity index (χ1) is 9.11. The Morgan fingerprint density at radius 1 is 1.42 bits per heavy atom. The fourth-order valence-corrected chi connectivity index (χ4v) is 1.66. The standard InChI is InChI=1S/C12H11ClN4O2/c1-19-8-4-2-3-7(10(8)14)11(18)16-9-5-6-15-12(13)17-9/h2-6H,14H2,1H3,(H,15,16,17,18). The lowest BCUT2D eigenvalue weighted by Gasteiger charge is -2.09. The summed E-state index contributed by atoms with van der Waals surface area (Å²) in [6.45, 7) is 0. The maximum atomic E-state index is 12.1. The van der Waals surface area contributed by atoms with Crippen molar-refractivity contribution in [1.29, 1.82) is 0 Å². The summed E-state index contributed by atoms with van der Waals surface area (Å²) in [5, 5.41) is 2.63. The summed E-state index contributed by atoms with van der Waals surface area (Å²) < 4.78 is 5.05. The highest BCUT2D eigenvalue weighted by molar-refractivity contribution is 6.28. The Labute approximate surface area is 114 Å². The number of para-hydroxylation sites is 1. The first-order valence-electron chi connectivity index (χ1n) is 5.34. The van der Waals surface area contributed by atoms with Gasteiger partial charge in [-0.25, -0.2) is 9.97 Å². The van der Waals surface area contributed by atoms with E-state index in [1.807, 2.05) is 0 Å². The number of nitrogen functional groups attached to an aromatic ring is 1. The Morgan fingerprint density at radius 2 is 2.21 bits per heavy atom. The van der Waals surface area contributed by atoms with Crippen LogP contribution in [0.2, 0.25) is 5.28 Å². The van der Waals surface area contributed by atoms with E-state index in [2.05, 4.69) is 15.3 Å². The van der Waals surface area contributed by atoms with Gasteiger partial charge in [-0.15, -0.1) is 0 Å². The molecule has 1 aromatic heterocycles. The molecular weight excluding hydrogens is 268 g/mol. The lowest BCUT2D eigenvalue weighted by atomic mass is 10.1. The summed E-state index contributed by atoms with van der Waals surface area (Å²) in [4.78, 5) is 19.6. The molecule has 2 aromatic rings. The Kier molecular flexibility index (Phi) is 3.82. The van der Waals surface area contributed by atoms with E-state index in [9.17, 15) is 4.79 Å². The number of anilines is 2. The van der Waals surface area contributed by atoms with Crippen molar-refractivity contribution in [3.8, 4) is 5.75 Å². The summed E-state index contributed by atoms with van der Waals surface area (Å²) in [6, 6.07) is 6.47. The van der Waals surface area contributed by atoms with Crippen molar-refractivity contribution in [3.63, 3.8) is 0 Å². The molecule has 1 heterocycles. The van der Waals surface area contributed by atoms with Gasteiger partial charge in [0.15, 0.2) is 0 Å². The predicted molar refractivity (Wildman–Crippen MR) is 72.4 cm³/mol. The zero-order valence-corrected chi connectivity index (χ0v) is 10.8. The zero-order valence-electron chi connectivity index (χ0n) is 10.1. The normalized spacial score (nSPS) is 10.0. The fourth-order valence-electron chi connectivity index (χ4n) is 1.51. The molecule has 0 saturated heterocycles. The van der Waals surface area contributed by atoms with Crippen molar-refractivity contribution < 1.29 is 9.53 Å². The van der Waals surface area contributed by atoms with Crippen LogP contribution in [-0.4, -0.2) is 23.0 Å². The van der Waals surface area contributed by atoms with Crippen LogP contribution in [0.3, 0.4) is 0 Å². The fraction of sp³-hybridized carbons (Fsp3) is 0.0833. The number of amides is 1. The van der Waals surface area contributed by atoms with E-state index in [1.165, 1.54) is 19.4 Å². The summed E-state index contributed by atoms with van der Waals surface area (Å²) in [5.74, 6) is 0.340. The molecule has 7 heteroatoms. The van der Waals surface area contributed by atoms with E-state index in [1.54, 1.807) is 18.2 Å². The van der Waals surface area contributed by atoms with Gasteiger partial charge in [0.1, 0.15) is 11.6 Å². The minimum Gasteiger partial charge on any atom is -0.495 e. The number of rotatable bonds is 3. The quantitative estimate of drug-likeness (QED) is 0.662. The van der Waals surface area contributed by atoms with E-state index in [0.29, 0.717) is 17.1 Å². The molecule has 1 aromatic carbocycles. The number of carbonyl (C=O) groups is 1. The number of hydrogen-bond acceptors (Lipinski definition) is 5. The molecule has 98 valence electrons. The number of nitrogens with one attached hydrogen (secondary N) is 1. The first-order valence-corrected chi connectivity index (χ1v) is 5.72. The van der Waals surface area contributed by atoms with Crippen molar-refractivity contribution >= 4 is 29.0 Å². The Balaban J connectivity index is 2.25. The topological polar surface area (TPSA) is 90.1 Å². The van der Waals surface area contributed by atoms with Gasteiger partial charge < -0.3 is 15.8 Å². The van der Waals surface area contributed by atoms with Crippen molar-refractivity contribution in [2.75, 3.05) is 18.2 Å². The van der Waals surface area contributed by atoms with Crippen LogP contribution >= 0.6 is 11.6 Å². The molecule has 3 N–H and O–H groups in total. The number of nitrogens with two attached hydrogens (primary N) is 1. The molecule has 0 fully saturated rings. The smallest absolute Gasteiger partial charge is 0.259 e. The van der Waals surface area contributed by atoms with Crippen LogP contribution in [0.5, 0.6) is 5.75 Å². The average molecular weight is 279 g/mol. The van der Waals surface area contributed by atoms with Crippen molar-refractivity contribution in [1.82, 2.24) is 9.97 Å². The van der Waals surface area contributed by atoms with Gasteiger partial charge in [0.25, 0.3) is 5.91 Å². The third-order valence-electron chi connectivity index (χ3n) is 2.40. The molecule has 0 aliphatic carbocycles. The molecule has 0 aliphatic heterocycles. The van der Waals surface area contributed by atoms with Gasteiger partial charge in [-0.3, -0.25) is 4.79 Å². The van der Waals surface area contributed by atoms with Crippen LogP contribution in [0, 0.1) is 0 Å². The van der Waals surface area contributed by atoms with Crippen LogP contribution in [0.25, 0.3) is 0 Å². The molecule has 0 saturated carbocycles. The first kappa shape index (κ1) is 13.1. The van der Waals surface area contributed by atoms with Gasteiger partial charge in [-0.2, -0.15) is 0 Å². The summed E-state index contributed by atoms with van der Waals surface area (Å²) in [6.07, 6.45) is 1.44. The maximum Gasteiger partial charge on any atom is 0.259 e. The van der Waals surface area contributed by atoms with E-state index in [4.69, 9.17) is 22.1 Å². The zero-order chi connectivity index (χ0) is 13.8. The predicted octanol–water partition coefficient (Wildman–Crippen LogP) is 1.97. The molecule has 6 nitrogen and oxygen atoms in total. The van der Waals surface area contributed by atoms with Gasteiger partial charge in [0.05, 0.1) is 18.4 Å². The number of hydrogen-bond donors (Lipinski definition) is 2. The van der Waals surface area contributed by atoms with Crippen molar-refractivity contribution in [3.05, 3.63) is 41.3 Å². The molecule has 0 unspecified atom stereocenters. The molecule has 19 heavy (non-hydrogen) atoms.